The second kappa shape index (κ2) is 3.93. The second-order valence-corrected chi connectivity index (χ2v) is 4.83. The molecule has 1 aromatic rings. The number of anilines is 2. The molecule has 1 aromatic carbocycles. The van der Waals surface area contributed by atoms with E-state index in [1.807, 2.05) is 0 Å². The highest BCUT2D eigenvalue weighted by atomic mass is 35.5. The maximum Gasteiger partial charge on any atom is 0.420 e. The van der Waals surface area contributed by atoms with E-state index < -0.39 is 17.6 Å². The highest BCUT2D eigenvalue weighted by molar-refractivity contribution is 6.42. The largest absolute Gasteiger partial charge is 0.420 e. The summed E-state index contributed by atoms with van der Waals surface area (Å²) in [5.74, 6) is -1.19. The smallest absolute Gasteiger partial charge is 0.362 e. The van der Waals surface area contributed by atoms with Gasteiger partial charge in [-0.1, -0.05) is 23.2 Å². The minimum atomic E-state index is -4.74. The van der Waals surface area contributed by atoms with Gasteiger partial charge in [-0.15, -0.1) is 0 Å². The summed E-state index contributed by atoms with van der Waals surface area (Å²) in [6, 6.07) is 2.53. The van der Waals surface area contributed by atoms with Crippen LogP contribution in [0.4, 0.5) is 24.5 Å². The SMILES string of the molecule is CC1(C(F)(F)F)Nc2cc(Cl)c(Cl)cc2NC1=O. The summed E-state index contributed by atoms with van der Waals surface area (Å²) in [6.45, 7) is 0.758. The summed E-state index contributed by atoms with van der Waals surface area (Å²) in [4.78, 5) is 11.6. The van der Waals surface area contributed by atoms with E-state index in [0.29, 0.717) is 0 Å². The molecule has 0 radical (unpaired) electrons. The van der Waals surface area contributed by atoms with Gasteiger partial charge >= 0.3 is 6.18 Å². The van der Waals surface area contributed by atoms with E-state index in [0.717, 1.165) is 6.92 Å². The molecule has 2 rings (SSSR count). The maximum atomic E-state index is 12.9. The Morgan fingerprint density at radius 1 is 1.17 bits per heavy atom. The maximum absolute atomic E-state index is 12.9. The van der Waals surface area contributed by atoms with Crippen LogP contribution >= 0.6 is 23.2 Å². The van der Waals surface area contributed by atoms with Gasteiger partial charge < -0.3 is 10.6 Å². The summed E-state index contributed by atoms with van der Waals surface area (Å²) < 4.78 is 38.6. The Balaban J connectivity index is 2.51. The number of nitrogens with one attached hydrogen (secondary N) is 2. The molecule has 1 atom stereocenters. The lowest BCUT2D eigenvalue weighted by Crippen LogP contribution is -2.60. The summed E-state index contributed by atoms with van der Waals surface area (Å²) >= 11 is 11.4. The van der Waals surface area contributed by atoms with Crippen LogP contribution < -0.4 is 10.6 Å². The minimum Gasteiger partial charge on any atom is -0.362 e. The first-order valence-corrected chi connectivity index (χ1v) is 5.56. The molecule has 98 valence electrons. The first kappa shape index (κ1) is 13.3. The average molecular weight is 299 g/mol. The van der Waals surface area contributed by atoms with E-state index >= 15 is 0 Å². The van der Waals surface area contributed by atoms with Crippen molar-refractivity contribution >= 4 is 40.5 Å². The lowest BCUT2D eigenvalue weighted by molar-refractivity contribution is -0.179. The number of carbonyl (C=O) groups is 1. The van der Waals surface area contributed by atoms with E-state index in [-0.39, 0.29) is 21.4 Å². The van der Waals surface area contributed by atoms with Gasteiger partial charge in [0.05, 0.1) is 21.4 Å². The number of halogens is 5. The fourth-order valence-electron chi connectivity index (χ4n) is 1.53. The van der Waals surface area contributed by atoms with Crippen LogP contribution in [0.2, 0.25) is 10.0 Å². The van der Waals surface area contributed by atoms with Crippen LogP contribution in [0, 0.1) is 0 Å². The standard InChI is InChI=1S/C10H7Cl2F3N2O/c1-9(10(13,14)15)8(18)16-6-2-4(11)5(12)3-7(6)17-9/h2-3,17H,1H3,(H,16,18). The minimum absolute atomic E-state index is 0.0730. The van der Waals surface area contributed by atoms with E-state index in [2.05, 4.69) is 10.6 Å². The van der Waals surface area contributed by atoms with Gasteiger partial charge in [-0.05, 0) is 19.1 Å². The van der Waals surface area contributed by atoms with Crippen molar-refractivity contribution in [1.82, 2.24) is 0 Å². The molecule has 0 spiro atoms. The third-order valence-electron chi connectivity index (χ3n) is 2.71. The Bertz CT molecular complexity index is 533. The van der Waals surface area contributed by atoms with E-state index in [4.69, 9.17) is 23.2 Å². The summed E-state index contributed by atoms with van der Waals surface area (Å²) in [5, 5.41) is 4.56. The molecule has 0 saturated carbocycles. The molecule has 1 unspecified atom stereocenters. The zero-order chi connectivity index (χ0) is 13.7. The van der Waals surface area contributed by atoms with Crippen LogP contribution in [0.1, 0.15) is 6.92 Å². The number of hydrogen-bond donors (Lipinski definition) is 2. The Labute approximate surface area is 110 Å². The number of hydrogen-bond acceptors (Lipinski definition) is 2. The molecule has 1 aliphatic rings. The van der Waals surface area contributed by atoms with Crippen LogP contribution in [0.5, 0.6) is 0 Å². The lowest BCUT2D eigenvalue weighted by atomic mass is 9.96. The molecular weight excluding hydrogens is 292 g/mol. The van der Waals surface area contributed by atoms with Crippen LogP contribution in [-0.2, 0) is 4.79 Å². The van der Waals surface area contributed by atoms with Gasteiger partial charge in [-0.3, -0.25) is 4.79 Å². The van der Waals surface area contributed by atoms with Crippen molar-refractivity contribution in [2.24, 2.45) is 0 Å². The average Bonchev–Trinajstić information content (AvgIpc) is 2.21. The molecule has 3 nitrogen and oxygen atoms in total. The number of benzene rings is 1. The molecule has 0 aliphatic carbocycles. The lowest BCUT2D eigenvalue weighted by Gasteiger charge is -2.37. The number of alkyl halides is 3. The predicted molar refractivity (Wildman–Crippen MR) is 63.2 cm³/mol. The van der Waals surface area contributed by atoms with Crippen molar-refractivity contribution in [2.45, 2.75) is 18.6 Å². The van der Waals surface area contributed by atoms with Gasteiger partial charge in [-0.25, -0.2) is 0 Å². The number of fused-ring (bicyclic) bond motifs is 1. The summed E-state index contributed by atoms with van der Waals surface area (Å²) in [5.41, 5.74) is -2.46. The number of carbonyl (C=O) groups excluding carboxylic acids is 1. The van der Waals surface area contributed by atoms with Crippen molar-refractivity contribution in [3.05, 3.63) is 22.2 Å². The zero-order valence-electron chi connectivity index (χ0n) is 8.95. The van der Waals surface area contributed by atoms with E-state index in [1.54, 1.807) is 0 Å². The Morgan fingerprint density at radius 2 is 1.67 bits per heavy atom. The van der Waals surface area contributed by atoms with Crippen molar-refractivity contribution < 1.29 is 18.0 Å². The highest BCUT2D eigenvalue weighted by Crippen LogP contribution is 2.42. The molecule has 1 heterocycles. The first-order valence-electron chi connectivity index (χ1n) is 4.80. The second-order valence-electron chi connectivity index (χ2n) is 4.01. The third-order valence-corrected chi connectivity index (χ3v) is 3.44. The fourth-order valence-corrected chi connectivity index (χ4v) is 1.85. The van der Waals surface area contributed by atoms with Crippen LogP contribution in [0.25, 0.3) is 0 Å². The molecule has 0 fully saturated rings. The van der Waals surface area contributed by atoms with Gasteiger partial charge in [0.15, 0.2) is 0 Å². The molecule has 0 aromatic heterocycles. The molecule has 0 bridgehead atoms. The zero-order valence-corrected chi connectivity index (χ0v) is 10.5. The first-order chi connectivity index (χ1) is 8.15. The van der Waals surface area contributed by atoms with Crippen LogP contribution in [0.15, 0.2) is 12.1 Å². The highest BCUT2D eigenvalue weighted by Gasteiger charge is 2.58. The van der Waals surface area contributed by atoms with E-state index in [9.17, 15) is 18.0 Å². The van der Waals surface area contributed by atoms with Gasteiger partial charge in [0.2, 0.25) is 5.54 Å². The Morgan fingerprint density at radius 3 is 2.17 bits per heavy atom. The quantitative estimate of drug-likeness (QED) is 0.767. The van der Waals surface area contributed by atoms with Crippen molar-refractivity contribution in [3.63, 3.8) is 0 Å². The van der Waals surface area contributed by atoms with Crippen LogP contribution in [-0.4, -0.2) is 17.6 Å². The molecule has 1 aliphatic heterocycles. The fraction of sp³-hybridized carbons (Fsp3) is 0.300. The molecule has 1 amide bonds. The third kappa shape index (κ3) is 1.89. The molecule has 2 N–H and O–H groups in total. The molecular formula is C10H7Cl2F3N2O. The Hall–Kier alpha value is -1.14. The summed E-state index contributed by atoms with van der Waals surface area (Å²) in [7, 11) is 0. The monoisotopic (exact) mass is 298 g/mol. The van der Waals surface area contributed by atoms with Gasteiger partial charge in [0.25, 0.3) is 5.91 Å². The predicted octanol–water partition coefficient (Wildman–Crippen LogP) is 3.68. The molecule has 18 heavy (non-hydrogen) atoms. The van der Waals surface area contributed by atoms with Gasteiger partial charge in [0.1, 0.15) is 0 Å². The van der Waals surface area contributed by atoms with E-state index in [1.165, 1.54) is 12.1 Å². The summed E-state index contributed by atoms with van der Waals surface area (Å²) in [6.07, 6.45) is -4.74. The van der Waals surface area contributed by atoms with Crippen molar-refractivity contribution in [1.29, 1.82) is 0 Å². The number of rotatable bonds is 0. The number of amides is 1. The van der Waals surface area contributed by atoms with Gasteiger partial charge in [0, 0.05) is 0 Å². The topological polar surface area (TPSA) is 41.1 Å². The molecule has 0 saturated heterocycles. The molecule has 8 heteroatoms. The van der Waals surface area contributed by atoms with Crippen molar-refractivity contribution in [3.8, 4) is 0 Å². The van der Waals surface area contributed by atoms with Gasteiger partial charge in [-0.2, -0.15) is 13.2 Å². The van der Waals surface area contributed by atoms with Crippen molar-refractivity contribution in [2.75, 3.05) is 10.6 Å². The van der Waals surface area contributed by atoms with Crippen LogP contribution in [0.3, 0.4) is 0 Å². The normalized spacial score (nSPS) is 23.1. The Kier molecular flexibility index (Phi) is 2.90.